The second-order valence-electron chi connectivity index (χ2n) is 5.05. The molecule has 3 rings (SSSR count). The van der Waals surface area contributed by atoms with Crippen LogP contribution in [0.2, 0.25) is 0 Å². The van der Waals surface area contributed by atoms with E-state index in [1.54, 1.807) is 6.07 Å². The summed E-state index contributed by atoms with van der Waals surface area (Å²) in [6, 6.07) is 4.71. The summed E-state index contributed by atoms with van der Waals surface area (Å²) in [6.45, 7) is 3.86. The van der Waals surface area contributed by atoms with Gasteiger partial charge in [0.05, 0.1) is 17.7 Å². The third-order valence-corrected chi connectivity index (χ3v) is 3.63. The Morgan fingerprint density at radius 2 is 2.19 bits per heavy atom. The summed E-state index contributed by atoms with van der Waals surface area (Å²) in [5, 5.41) is 9.06. The minimum Gasteiger partial charge on any atom is -0.478 e. The van der Waals surface area contributed by atoms with Crippen molar-refractivity contribution in [3.63, 3.8) is 0 Å². The summed E-state index contributed by atoms with van der Waals surface area (Å²) < 4.78 is 5.50. The first-order chi connectivity index (χ1) is 9.95. The third kappa shape index (κ3) is 2.29. The Morgan fingerprint density at radius 1 is 1.43 bits per heavy atom. The lowest BCUT2D eigenvalue weighted by Crippen LogP contribution is -2.26. The third-order valence-electron chi connectivity index (χ3n) is 3.63. The number of aromatic nitrogens is 1. The monoisotopic (exact) mass is 286 g/mol. The molecule has 6 nitrogen and oxygen atoms in total. The van der Waals surface area contributed by atoms with Crippen LogP contribution < -0.4 is 4.90 Å². The number of hydrogen-bond donors (Lipinski definition) is 1. The molecule has 0 radical (unpaired) electrons. The van der Waals surface area contributed by atoms with Crippen LogP contribution in [-0.4, -0.2) is 22.0 Å². The number of carbonyl (C=O) groups is 2. The van der Waals surface area contributed by atoms with Gasteiger partial charge in [0.15, 0.2) is 0 Å². The number of aromatic carboxylic acids is 1. The second kappa shape index (κ2) is 4.73. The van der Waals surface area contributed by atoms with Gasteiger partial charge in [0, 0.05) is 5.69 Å². The number of benzene rings is 1. The molecule has 1 aromatic heterocycles. The van der Waals surface area contributed by atoms with E-state index in [9.17, 15) is 9.59 Å². The van der Waals surface area contributed by atoms with Crippen LogP contribution in [0.15, 0.2) is 22.6 Å². The molecule has 0 spiro atoms. The Labute approximate surface area is 121 Å². The highest BCUT2D eigenvalue weighted by Gasteiger charge is 2.29. The Hall–Kier alpha value is -2.63. The molecule has 1 amide bonds. The van der Waals surface area contributed by atoms with E-state index in [-0.39, 0.29) is 24.4 Å². The van der Waals surface area contributed by atoms with Crippen LogP contribution >= 0.6 is 0 Å². The predicted molar refractivity (Wildman–Crippen MR) is 74.3 cm³/mol. The average Bonchev–Trinajstić information content (AvgIpc) is 2.90. The summed E-state index contributed by atoms with van der Waals surface area (Å²) in [7, 11) is 0. The molecular weight excluding hydrogens is 272 g/mol. The first-order valence-corrected chi connectivity index (χ1v) is 6.55. The number of carbonyl (C=O) groups excluding carboxylic acids is 1. The van der Waals surface area contributed by atoms with Crippen molar-refractivity contribution in [2.75, 3.05) is 4.90 Å². The van der Waals surface area contributed by atoms with Crippen molar-refractivity contribution in [1.29, 1.82) is 0 Å². The van der Waals surface area contributed by atoms with E-state index in [0.717, 1.165) is 17.0 Å². The van der Waals surface area contributed by atoms with E-state index in [1.165, 1.54) is 17.0 Å². The lowest BCUT2D eigenvalue weighted by atomic mass is 10.1. The minimum atomic E-state index is -1.01. The van der Waals surface area contributed by atoms with Gasteiger partial charge in [0.2, 0.25) is 11.8 Å². The molecule has 6 heteroatoms. The van der Waals surface area contributed by atoms with Gasteiger partial charge in [-0.05, 0) is 31.5 Å². The van der Waals surface area contributed by atoms with Gasteiger partial charge in [-0.25, -0.2) is 9.78 Å². The van der Waals surface area contributed by atoms with E-state index >= 15 is 0 Å². The van der Waals surface area contributed by atoms with Gasteiger partial charge in [-0.3, -0.25) is 4.79 Å². The van der Waals surface area contributed by atoms with Crippen molar-refractivity contribution in [3.05, 3.63) is 46.7 Å². The number of aryl methyl sites for hydroxylation is 2. The molecule has 2 aromatic rings. The molecule has 0 bridgehead atoms. The van der Waals surface area contributed by atoms with Crippen molar-refractivity contribution in [1.82, 2.24) is 4.98 Å². The van der Waals surface area contributed by atoms with Crippen molar-refractivity contribution in [3.8, 4) is 0 Å². The number of hydrogen-bond acceptors (Lipinski definition) is 4. The zero-order valence-corrected chi connectivity index (χ0v) is 11.7. The largest absolute Gasteiger partial charge is 0.478 e. The highest BCUT2D eigenvalue weighted by Crippen LogP contribution is 2.31. The highest BCUT2D eigenvalue weighted by atomic mass is 16.4. The van der Waals surface area contributed by atoms with Crippen molar-refractivity contribution in [2.24, 2.45) is 0 Å². The smallest absolute Gasteiger partial charge is 0.335 e. The number of carboxylic acid groups (broad SMARTS) is 1. The van der Waals surface area contributed by atoms with Gasteiger partial charge in [-0.15, -0.1) is 0 Å². The molecule has 1 aromatic carbocycles. The molecule has 1 aliphatic rings. The molecule has 2 heterocycles. The molecule has 108 valence electrons. The van der Waals surface area contributed by atoms with Crippen LogP contribution in [0, 0.1) is 13.8 Å². The molecule has 1 aliphatic heterocycles. The summed E-state index contributed by atoms with van der Waals surface area (Å²) in [6.07, 6.45) is 0.272. The van der Waals surface area contributed by atoms with E-state index in [0.29, 0.717) is 11.6 Å². The Morgan fingerprint density at radius 3 is 2.81 bits per heavy atom. The number of amides is 1. The van der Waals surface area contributed by atoms with Crippen LogP contribution in [0.25, 0.3) is 0 Å². The second-order valence-corrected chi connectivity index (χ2v) is 5.05. The minimum absolute atomic E-state index is 0.0824. The van der Waals surface area contributed by atoms with E-state index in [4.69, 9.17) is 9.52 Å². The molecule has 0 saturated heterocycles. The SMILES string of the molecule is Cc1nc(CN2C(=O)Cc3ccc(C(=O)O)cc32)oc1C. The Balaban J connectivity index is 1.95. The van der Waals surface area contributed by atoms with Crippen LogP contribution in [0.3, 0.4) is 0 Å². The lowest BCUT2D eigenvalue weighted by molar-refractivity contribution is -0.117. The Bertz CT molecular complexity index is 729. The summed E-state index contributed by atoms with van der Waals surface area (Å²) in [5.41, 5.74) is 2.39. The fourth-order valence-electron chi connectivity index (χ4n) is 2.41. The van der Waals surface area contributed by atoms with Gasteiger partial charge in [0.1, 0.15) is 12.3 Å². The normalized spacial score (nSPS) is 13.6. The highest BCUT2D eigenvalue weighted by molar-refractivity contribution is 6.02. The molecule has 0 unspecified atom stereocenters. The molecule has 0 saturated carbocycles. The Kier molecular flexibility index (Phi) is 3.01. The molecule has 21 heavy (non-hydrogen) atoms. The van der Waals surface area contributed by atoms with Crippen LogP contribution in [0.1, 0.15) is 33.3 Å². The van der Waals surface area contributed by atoms with Gasteiger partial charge in [0.25, 0.3) is 0 Å². The standard InChI is InChI=1S/C15H14N2O4/c1-8-9(2)21-13(16-8)7-17-12-5-11(15(19)20)4-3-10(12)6-14(17)18/h3-5H,6-7H2,1-2H3,(H,19,20). The number of carboxylic acids is 1. The maximum atomic E-state index is 12.1. The van der Waals surface area contributed by atoms with Gasteiger partial charge >= 0.3 is 5.97 Å². The number of anilines is 1. The topological polar surface area (TPSA) is 83.6 Å². The molecule has 0 atom stereocenters. The molecule has 0 aliphatic carbocycles. The maximum absolute atomic E-state index is 12.1. The summed E-state index contributed by atoms with van der Waals surface area (Å²) in [4.78, 5) is 29.0. The van der Waals surface area contributed by atoms with E-state index in [2.05, 4.69) is 4.98 Å². The number of nitrogens with zero attached hydrogens (tertiary/aromatic N) is 2. The van der Waals surface area contributed by atoms with Crippen LogP contribution in [-0.2, 0) is 17.8 Å². The predicted octanol–water partition coefficient (Wildman–Crippen LogP) is 2.08. The van der Waals surface area contributed by atoms with Crippen LogP contribution in [0.5, 0.6) is 0 Å². The average molecular weight is 286 g/mol. The molecule has 0 fully saturated rings. The van der Waals surface area contributed by atoms with Crippen LogP contribution in [0.4, 0.5) is 5.69 Å². The van der Waals surface area contributed by atoms with Crippen molar-refractivity contribution in [2.45, 2.75) is 26.8 Å². The summed E-state index contributed by atoms with van der Waals surface area (Å²) in [5.74, 6) is 0.0732. The lowest BCUT2D eigenvalue weighted by Gasteiger charge is -2.15. The van der Waals surface area contributed by atoms with Crippen molar-refractivity contribution < 1.29 is 19.1 Å². The van der Waals surface area contributed by atoms with Gasteiger partial charge in [-0.2, -0.15) is 0 Å². The fourth-order valence-corrected chi connectivity index (χ4v) is 2.41. The maximum Gasteiger partial charge on any atom is 0.335 e. The molecule has 1 N–H and O–H groups in total. The van der Waals surface area contributed by atoms with Gasteiger partial charge in [-0.1, -0.05) is 6.07 Å². The van der Waals surface area contributed by atoms with Crippen molar-refractivity contribution >= 4 is 17.6 Å². The quantitative estimate of drug-likeness (QED) is 0.933. The summed E-state index contributed by atoms with van der Waals surface area (Å²) >= 11 is 0. The van der Waals surface area contributed by atoms with E-state index in [1.807, 2.05) is 13.8 Å². The number of fused-ring (bicyclic) bond motifs is 1. The zero-order chi connectivity index (χ0) is 15.1. The zero-order valence-electron chi connectivity index (χ0n) is 11.7. The number of rotatable bonds is 3. The fraction of sp³-hybridized carbons (Fsp3) is 0.267. The first-order valence-electron chi connectivity index (χ1n) is 6.55. The molecular formula is C15H14N2O4. The first kappa shape index (κ1) is 13.4. The van der Waals surface area contributed by atoms with Gasteiger partial charge < -0.3 is 14.4 Å². The van der Waals surface area contributed by atoms with E-state index < -0.39 is 5.97 Å². The number of oxazole rings is 1.